The number of hydrogen-bond acceptors (Lipinski definition) is 4. The minimum atomic E-state index is -0.189. The first kappa shape index (κ1) is 15.9. The normalized spacial score (nSPS) is 26.7. The molecular formula is C17H25N3O3. The number of methoxy groups -OCH3 is 2. The topological polar surface area (TPSA) is 62.8 Å². The summed E-state index contributed by atoms with van der Waals surface area (Å²) >= 11 is 0. The Balaban J connectivity index is 1.61. The van der Waals surface area contributed by atoms with Crippen molar-refractivity contribution in [3.05, 3.63) is 18.2 Å². The van der Waals surface area contributed by atoms with E-state index >= 15 is 0 Å². The molecule has 1 aromatic rings. The standard InChI is InChI=1S/C17H25N3O3/c1-20-12-4-5-13(20)9-11(8-12)18-17(21)19-15-10-14(22-2)6-7-16(15)23-3/h6-7,10-13H,4-5,8-9H2,1-3H3,(H2,18,19,21)/t11?,12-,13+. The molecule has 2 aliphatic rings. The SMILES string of the molecule is COc1ccc(OC)c(NC(=O)NC2C[C@H]3CC[C@@H](C2)N3C)c1. The van der Waals surface area contributed by atoms with E-state index in [-0.39, 0.29) is 12.1 Å². The summed E-state index contributed by atoms with van der Waals surface area (Å²) in [5.41, 5.74) is 0.611. The van der Waals surface area contributed by atoms with Crippen molar-refractivity contribution in [2.24, 2.45) is 0 Å². The Kier molecular flexibility index (Phi) is 4.61. The molecule has 2 saturated heterocycles. The van der Waals surface area contributed by atoms with Gasteiger partial charge in [0.15, 0.2) is 0 Å². The van der Waals surface area contributed by atoms with E-state index in [0.29, 0.717) is 29.3 Å². The van der Waals surface area contributed by atoms with Gasteiger partial charge in [-0.2, -0.15) is 0 Å². The van der Waals surface area contributed by atoms with Crippen molar-refractivity contribution in [1.29, 1.82) is 0 Å². The van der Waals surface area contributed by atoms with E-state index in [9.17, 15) is 4.79 Å². The fourth-order valence-electron chi connectivity index (χ4n) is 3.78. The summed E-state index contributed by atoms with van der Waals surface area (Å²) < 4.78 is 10.5. The monoisotopic (exact) mass is 319 g/mol. The summed E-state index contributed by atoms with van der Waals surface area (Å²) in [6, 6.07) is 6.60. The van der Waals surface area contributed by atoms with Crippen LogP contribution >= 0.6 is 0 Å². The summed E-state index contributed by atoms with van der Waals surface area (Å²) in [5.74, 6) is 1.29. The van der Waals surface area contributed by atoms with Gasteiger partial charge in [0.25, 0.3) is 0 Å². The number of carbonyl (C=O) groups excluding carboxylic acids is 1. The van der Waals surface area contributed by atoms with Gasteiger partial charge >= 0.3 is 6.03 Å². The van der Waals surface area contributed by atoms with Crippen molar-refractivity contribution >= 4 is 11.7 Å². The van der Waals surface area contributed by atoms with Crippen LogP contribution in [0.15, 0.2) is 18.2 Å². The average molecular weight is 319 g/mol. The highest BCUT2D eigenvalue weighted by Crippen LogP contribution is 2.34. The van der Waals surface area contributed by atoms with Gasteiger partial charge in [0.1, 0.15) is 11.5 Å². The molecule has 6 nitrogen and oxygen atoms in total. The van der Waals surface area contributed by atoms with Crippen LogP contribution in [0.4, 0.5) is 10.5 Å². The van der Waals surface area contributed by atoms with Crippen LogP contribution in [0.25, 0.3) is 0 Å². The second-order valence-corrected chi connectivity index (χ2v) is 6.38. The summed E-state index contributed by atoms with van der Waals surface area (Å²) in [6.45, 7) is 0. The molecule has 1 aromatic carbocycles. The molecule has 2 heterocycles. The number of urea groups is 1. The summed E-state index contributed by atoms with van der Waals surface area (Å²) in [7, 11) is 5.37. The predicted molar refractivity (Wildman–Crippen MR) is 89.3 cm³/mol. The number of benzene rings is 1. The first-order chi connectivity index (χ1) is 11.1. The number of ether oxygens (including phenoxy) is 2. The van der Waals surface area contributed by atoms with Gasteiger partial charge in [0.05, 0.1) is 19.9 Å². The molecule has 0 radical (unpaired) electrons. The van der Waals surface area contributed by atoms with Gasteiger partial charge in [-0.1, -0.05) is 0 Å². The summed E-state index contributed by atoms with van der Waals surface area (Å²) in [5, 5.41) is 5.98. The molecule has 1 unspecified atom stereocenters. The second-order valence-electron chi connectivity index (χ2n) is 6.38. The van der Waals surface area contributed by atoms with Gasteiger partial charge in [-0.3, -0.25) is 0 Å². The van der Waals surface area contributed by atoms with Gasteiger partial charge in [-0.15, -0.1) is 0 Å². The Bertz CT molecular complexity index is 564. The third-order valence-electron chi connectivity index (χ3n) is 5.09. The molecular weight excluding hydrogens is 294 g/mol. The van der Waals surface area contributed by atoms with Crippen molar-refractivity contribution < 1.29 is 14.3 Å². The number of hydrogen-bond donors (Lipinski definition) is 2. The van der Waals surface area contributed by atoms with Crippen LogP contribution in [0, 0.1) is 0 Å². The van der Waals surface area contributed by atoms with Gasteiger partial charge in [-0.25, -0.2) is 4.79 Å². The minimum Gasteiger partial charge on any atom is -0.497 e. The predicted octanol–water partition coefficient (Wildman–Crippen LogP) is 2.45. The van der Waals surface area contributed by atoms with Crippen LogP contribution < -0.4 is 20.1 Å². The number of carbonyl (C=O) groups is 1. The minimum absolute atomic E-state index is 0.189. The lowest BCUT2D eigenvalue weighted by molar-refractivity contribution is 0.151. The number of piperidine rings is 1. The molecule has 2 fully saturated rings. The van der Waals surface area contributed by atoms with Crippen molar-refractivity contribution in [2.45, 2.75) is 43.8 Å². The molecule has 23 heavy (non-hydrogen) atoms. The van der Waals surface area contributed by atoms with E-state index in [2.05, 4.69) is 22.6 Å². The molecule has 2 aliphatic heterocycles. The van der Waals surface area contributed by atoms with E-state index in [1.165, 1.54) is 12.8 Å². The molecule has 0 spiro atoms. The quantitative estimate of drug-likeness (QED) is 0.895. The van der Waals surface area contributed by atoms with Gasteiger partial charge in [0.2, 0.25) is 0 Å². The van der Waals surface area contributed by atoms with E-state index < -0.39 is 0 Å². The second kappa shape index (κ2) is 6.66. The zero-order chi connectivity index (χ0) is 16.4. The lowest BCUT2D eigenvalue weighted by Crippen LogP contribution is -2.49. The molecule has 0 aliphatic carbocycles. The number of fused-ring (bicyclic) bond motifs is 2. The van der Waals surface area contributed by atoms with Crippen LogP contribution in [0.2, 0.25) is 0 Å². The summed E-state index contributed by atoms with van der Waals surface area (Å²) in [6.07, 6.45) is 4.53. The lowest BCUT2D eigenvalue weighted by Gasteiger charge is -2.36. The Morgan fingerprint density at radius 1 is 1.17 bits per heavy atom. The van der Waals surface area contributed by atoms with E-state index in [4.69, 9.17) is 9.47 Å². The number of rotatable bonds is 4. The summed E-state index contributed by atoms with van der Waals surface area (Å²) in [4.78, 5) is 14.8. The Labute approximate surface area is 137 Å². The zero-order valence-electron chi connectivity index (χ0n) is 14.0. The van der Waals surface area contributed by atoms with E-state index in [1.54, 1.807) is 32.4 Å². The molecule has 0 saturated carbocycles. The third-order valence-corrected chi connectivity index (χ3v) is 5.09. The fraction of sp³-hybridized carbons (Fsp3) is 0.588. The largest absolute Gasteiger partial charge is 0.497 e. The average Bonchev–Trinajstić information content (AvgIpc) is 2.75. The van der Waals surface area contributed by atoms with E-state index in [1.807, 2.05) is 0 Å². The number of nitrogens with zero attached hydrogens (tertiary/aromatic N) is 1. The molecule has 2 bridgehead atoms. The van der Waals surface area contributed by atoms with Crippen LogP contribution in [0.5, 0.6) is 11.5 Å². The third kappa shape index (κ3) is 3.37. The molecule has 3 atom stereocenters. The van der Waals surface area contributed by atoms with Crippen molar-refractivity contribution in [1.82, 2.24) is 10.2 Å². The smallest absolute Gasteiger partial charge is 0.319 e. The number of nitrogens with one attached hydrogen (secondary N) is 2. The van der Waals surface area contributed by atoms with Gasteiger partial charge in [-0.05, 0) is 44.9 Å². The highest BCUT2D eigenvalue weighted by atomic mass is 16.5. The Morgan fingerprint density at radius 3 is 2.48 bits per heavy atom. The van der Waals surface area contributed by atoms with Crippen LogP contribution in [0.1, 0.15) is 25.7 Å². The molecule has 3 rings (SSSR count). The molecule has 6 heteroatoms. The van der Waals surface area contributed by atoms with Crippen molar-refractivity contribution in [2.75, 3.05) is 26.6 Å². The van der Waals surface area contributed by atoms with Gasteiger partial charge in [0, 0.05) is 24.2 Å². The fourth-order valence-corrected chi connectivity index (χ4v) is 3.78. The van der Waals surface area contributed by atoms with Crippen molar-refractivity contribution in [3.63, 3.8) is 0 Å². The maximum Gasteiger partial charge on any atom is 0.319 e. The Hall–Kier alpha value is -1.95. The van der Waals surface area contributed by atoms with Crippen molar-refractivity contribution in [3.8, 4) is 11.5 Å². The molecule has 2 amide bonds. The highest BCUT2D eigenvalue weighted by Gasteiger charge is 2.38. The molecule has 0 aromatic heterocycles. The lowest BCUT2D eigenvalue weighted by atomic mass is 9.98. The van der Waals surface area contributed by atoms with Crippen LogP contribution in [0.3, 0.4) is 0 Å². The zero-order valence-corrected chi connectivity index (χ0v) is 14.0. The number of amides is 2. The maximum absolute atomic E-state index is 12.3. The number of anilines is 1. The van der Waals surface area contributed by atoms with Gasteiger partial charge < -0.3 is 25.0 Å². The first-order valence-corrected chi connectivity index (χ1v) is 8.12. The molecule has 2 N–H and O–H groups in total. The molecule has 126 valence electrons. The van der Waals surface area contributed by atoms with Crippen LogP contribution in [-0.4, -0.2) is 50.3 Å². The highest BCUT2D eigenvalue weighted by molar-refractivity contribution is 5.91. The Morgan fingerprint density at radius 2 is 1.87 bits per heavy atom. The van der Waals surface area contributed by atoms with Crippen LogP contribution in [-0.2, 0) is 0 Å². The first-order valence-electron chi connectivity index (χ1n) is 8.12. The van der Waals surface area contributed by atoms with E-state index in [0.717, 1.165) is 12.8 Å². The maximum atomic E-state index is 12.3.